The van der Waals surface area contributed by atoms with Crippen molar-refractivity contribution in [3.63, 3.8) is 0 Å². The summed E-state index contributed by atoms with van der Waals surface area (Å²) in [5.41, 5.74) is 0.829. The maximum absolute atomic E-state index is 12.6. The van der Waals surface area contributed by atoms with Gasteiger partial charge < -0.3 is 15.0 Å². The number of anilines is 1. The van der Waals surface area contributed by atoms with Gasteiger partial charge in [-0.15, -0.1) is 0 Å². The lowest BCUT2D eigenvalue weighted by molar-refractivity contribution is -0.120. The monoisotopic (exact) mass is 273 g/mol. The van der Waals surface area contributed by atoms with Crippen molar-refractivity contribution < 1.29 is 9.53 Å². The Hall–Kier alpha value is -1.90. The summed E-state index contributed by atoms with van der Waals surface area (Å²) < 4.78 is 5.27. The highest BCUT2D eigenvalue weighted by Crippen LogP contribution is 2.18. The molecule has 1 amide bonds. The average Bonchev–Trinajstić information content (AvgIpc) is 2.97. The van der Waals surface area contributed by atoms with Gasteiger partial charge in [0.25, 0.3) is 0 Å². The fourth-order valence-electron chi connectivity index (χ4n) is 2.40. The summed E-state index contributed by atoms with van der Waals surface area (Å²) in [7, 11) is 1.66. The van der Waals surface area contributed by atoms with Crippen molar-refractivity contribution in [1.82, 2.24) is 5.32 Å². The maximum atomic E-state index is 12.6. The first kappa shape index (κ1) is 14.5. The summed E-state index contributed by atoms with van der Waals surface area (Å²) in [6.45, 7) is 1.10. The van der Waals surface area contributed by atoms with Crippen LogP contribution >= 0.6 is 0 Å². The van der Waals surface area contributed by atoms with Crippen molar-refractivity contribution in [2.24, 2.45) is 0 Å². The van der Waals surface area contributed by atoms with E-state index in [0.29, 0.717) is 25.9 Å². The number of hydrogen-bond donors (Lipinski definition) is 1. The molecule has 0 spiro atoms. The van der Waals surface area contributed by atoms with Gasteiger partial charge >= 0.3 is 0 Å². The molecule has 2 rings (SSSR count). The molecule has 1 saturated heterocycles. The Balaban J connectivity index is 2.11. The van der Waals surface area contributed by atoms with E-state index in [-0.39, 0.29) is 18.1 Å². The summed E-state index contributed by atoms with van der Waals surface area (Å²) in [5.74, 6) is 0.00556. The quantitative estimate of drug-likeness (QED) is 0.878. The minimum atomic E-state index is -0.237. The zero-order chi connectivity index (χ0) is 14.4. The molecular weight excluding hydrogens is 254 g/mol. The van der Waals surface area contributed by atoms with Gasteiger partial charge in [0.2, 0.25) is 5.91 Å². The van der Waals surface area contributed by atoms with Crippen LogP contribution in [-0.4, -0.2) is 38.3 Å². The van der Waals surface area contributed by atoms with Crippen LogP contribution in [0.5, 0.6) is 0 Å². The summed E-state index contributed by atoms with van der Waals surface area (Å²) in [5, 5.41) is 12.0. The van der Waals surface area contributed by atoms with E-state index in [2.05, 4.69) is 11.4 Å². The second kappa shape index (κ2) is 7.04. The van der Waals surface area contributed by atoms with E-state index in [1.165, 1.54) is 0 Å². The third-order valence-electron chi connectivity index (χ3n) is 3.50. The standard InChI is InChI=1S/C15H19N3O2/c1-20-13-10-14(17-11-13)15(19)18(9-5-8-16)12-6-3-2-4-7-12/h2-4,6-7,13-14,17H,5,9-11H2,1H3. The smallest absolute Gasteiger partial charge is 0.244 e. The molecule has 0 aromatic heterocycles. The molecule has 0 radical (unpaired) electrons. The van der Waals surface area contributed by atoms with Crippen LogP contribution in [0.25, 0.3) is 0 Å². The SMILES string of the molecule is COC1CNC(C(=O)N(CCC#N)c2ccccc2)C1. The Morgan fingerprint density at radius 2 is 2.25 bits per heavy atom. The lowest BCUT2D eigenvalue weighted by Gasteiger charge is -2.25. The molecule has 106 valence electrons. The number of hydrogen-bond acceptors (Lipinski definition) is 4. The predicted molar refractivity (Wildman–Crippen MR) is 76.2 cm³/mol. The van der Waals surface area contributed by atoms with Crippen molar-refractivity contribution in [3.05, 3.63) is 30.3 Å². The number of carbonyl (C=O) groups is 1. The summed E-state index contributed by atoms with van der Waals surface area (Å²) in [6.07, 6.45) is 1.07. The van der Waals surface area contributed by atoms with Gasteiger partial charge in [-0.2, -0.15) is 5.26 Å². The van der Waals surface area contributed by atoms with Gasteiger partial charge in [0.05, 0.1) is 24.6 Å². The molecule has 1 aromatic rings. The number of ether oxygens (including phenoxy) is 1. The van der Waals surface area contributed by atoms with Crippen molar-refractivity contribution in [2.75, 3.05) is 25.1 Å². The minimum Gasteiger partial charge on any atom is -0.380 e. The molecule has 2 unspecified atom stereocenters. The first-order valence-electron chi connectivity index (χ1n) is 6.76. The molecule has 5 nitrogen and oxygen atoms in total. The molecule has 1 N–H and O–H groups in total. The van der Waals surface area contributed by atoms with Crippen LogP contribution in [0.2, 0.25) is 0 Å². The van der Waals surface area contributed by atoms with Crippen molar-refractivity contribution in [2.45, 2.75) is 25.0 Å². The Labute approximate surface area is 119 Å². The van der Waals surface area contributed by atoms with Crippen LogP contribution in [0.4, 0.5) is 5.69 Å². The fraction of sp³-hybridized carbons (Fsp3) is 0.467. The molecule has 2 atom stereocenters. The number of methoxy groups -OCH3 is 1. The third kappa shape index (κ3) is 3.35. The normalized spacial score (nSPS) is 21.4. The number of rotatable bonds is 5. The van der Waals surface area contributed by atoms with Gasteiger partial charge in [0.1, 0.15) is 0 Å². The summed E-state index contributed by atoms with van der Waals surface area (Å²) in [6, 6.07) is 11.3. The molecule has 20 heavy (non-hydrogen) atoms. The molecule has 5 heteroatoms. The lowest BCUT2D eigenvalue weighted by atomic mass is 10.1. The molecule has 0 bridgehead atoms. The molecule has 1 fully saturated rings. The van der Waals surface area contributed by atoms with Crippen molar-refractivity contribution in [3.8, 4) is 6.07 Å². The Morgan fingerprint density at radius 3 is 2.85 bits per heavy atom. The number of benzene rings is 1. The number of amides is 1. The highest BCUT2D eigenvalue weighted by atomic mass is 16.5. The van der Waals surface area contributed by atoms with Gasteiger partial charge in [0, 0.05) is 25.9 Å². The molecule has 0 aliphatic carbocycles. The van der Waals surface area contributed by atoms with Gasteiger partial charge in [-0.05, 0) is 18.6 Å². The van der Waals surface area contributed by atoms with Crippen LogP contribution in [0, 0.1) is 11.3 Å². The van der Waals surface area contributed by atoms with Crippen LogP contribution in [0.15, 0.2) is 30.3 Å². The number of nitriles is 1. The van der Waals surface area contributed by atoms with Crippen LogP contribution in [0.3, 0.4) is 0 Å². The maximum Gasteiger partial charge on any atom is 0.244 e. The summed E-state index contributed by atoms with van der Waals surface area (Å²) in [4.78, 5) is 14.3. The number of nitrogens with one attached hydrogen (secondary N) is 1. The molecular formula is C15H19N3O2. The second-order valence-electron chi connectivity index (χ2n) is 4.79. The third-order valence-corrected chi connectivity index (χ3v) is 3.50. The van der Waals surface area contributed by atoms with Crippen LogP contribution in [0.1, 0.15) is 12.8 Å². The van der Waals surface area contributed by atoms with E-state index < -0.39 is 0 Å². The van der Waals surface area contributed by atoms with E-state index in [1.807, 2.05) is 30.3 Å². The fourth-order valence-corrected chi connectivity index (χ4v) is 2.40. The van der Waals surface area contributed by atoms with E-state index >= 15 is 0 Å². The lowest BCUT2D eigenvalue weighted by Crippen LogP contribution is -2.44. The highest BCUT2D eigenvalue weighted by molar-refractivity contribution is 5.97. The Kier molecular flexibility index (Phi) is 5.10. The minimum absolute atomic E-state index is 0.00556. The van der Waals surface area contributed by atoms with Crippen LogP contribution in [-0.2, 0) is 9.53 Å². The number of nitrogens with zero attached hydrogens (tertiary/aromatic N) is 2. The van der Waals surface area contributed by atoms with Gasteiger partial charge in [-0.1, -0.05) is 18.2 Å². The van der Waals surface area contributed by atoms with Crippen molar-refractivity contribution >= 4 is 11.6 Å². The number of carbonyl (C=O) groups excluding carboxylic acids is 1. The first-order chi connectivity index (χ1) is 9.76. The van der Waals surface area contributed by atoms with E-state index in [0.717, 1.165) is 5.69 Å². The zero-order valence-corrected chi connectivity index (χ0v) is 11.6. The molecule has 1 aliphatic rings. The summed E-state index contributed by atoms with van der Waals surface area (Å²) >= 11 is 0. The van der Waals surface area contributed by atoms with Gasteiger partial charge in [0.15, 0.2) is 0 Å². The van der Waals surface area contributed by atoms with Gasteiger partial charge in [-0.3, -0.25) is 4.79 Å². The van der Waals surface area contributed by atoms with E-state index in [1.54, 1.807) is 12.0 Å². The number of para-hydroxylation sites is 1. The predicted octanol–water partition coefficient (Wildman–Crippen LogP) is 1.31. The average molecular weight is 273 g/mol. The van der Waals surface area contributed by atoms with Crippen LogP contribution < -0.4 is 10.2 Å². The highest BCUT2D eigenvalue weighted by Gasteiger charge is 2.32. The zero-order valence-electron chi connectivity index (χ0n) is 11.6. The Morgan fingerprint density at radius 1 is 1.50 bits per heavy atom. The molecule has 1 heterocycles. The first-order valence-corrected chi connectivity index (χ1v) is 6.76. The van der Waals surface area contributed by atoms with Crippen molar-refractivity contribution in [1.29, 1.82) is 5.26 Å². The van der Waals surface area contributed by atoms with Gasteiger partial charge in [-0.25, -0.2) is 0 Å². The van der Waals surface area contributed by atoms with E-state index in [9.17, 15) is 4.79 Å². The largest absolute Gasteiger partial charge is 0.380 e. The topological polar surface area (TPSA) is 65.4 Å². The molecule has 0 saturated carbocycles. The van der Waals surface area contributed by atoms with E-state index in [4.69, 9.17) is 10.00 Å². The molecule has 1 aromatic carbocycles. The second-order valence-corrected chi connectivity index (χ2v) is 4.79. The molecule has 1 aliphatic heterocycles. The Bertz CT molecular complexity index is 484.